The Kier molecular flexibility index (Phi) is 2.42. The summed E-state index contributed by atoms with van der Waals surface area (Å²) in [6, 6.07) is 6.18. The largest absolute Gasteiger partial charge is 0.456 e. The molecule has 1 aromatic heterocycles. The summed E-state index contributed by atoms with van der Waals surface area (Å²) in [4.78, 5) is 12.1. The number of aromatic amines is 1. The van der Waals surface area contributed by atoms with Crippen molar-refractivity contribution in [2.24, 2.45) is 0 Å². The van der Waals surface area contributed by atoms with Gasteiger partial charge < -0.3 is 10.1 Å². The molecule has 3 heterocycles. The van der Waals surface area contributed by atoms with Crippen molar-refractivity contribution < 1.29 is 13.9 Å². The molecular weight excluding hydrogens is 273 g/mol. The van der Waals surface area contributed by atoms with Crippen LogP contribution in [0.15, 0.2) is 35.5 Å². The fourth-order valence-corrected chi connectivity index (χ4v) is 2.97. The summed E-state index contributed by atoms with van der Waals surface area (Å²) >= 11 is 0. The third-order valence-electron chi connectivity index (χ3n) is 3.94. The number of nitrogens with zero attached hydrogens (tertiary/aromatic N) is 1. The maximum Gasteiger partial charge on any atom is 0.337 e. The Morgan fingerprint density at radius 2 is 2.10 bits per heavy atom. The minimum atomic E-state index is -0.335. The lowest BCUT2D eigenvalue weighted by Gasteiger charge is -2.24. The summed E-state index contributed by atoms with van der Waals surface area (Å²) in [6.07, 6.45) is 0. The van der Waals surface area contributed by atoms with E-state index in [1.165, 1.54) is 12.1 Å². The van der Waals surface area contributed by atoms with Crippen molar-refractivity contribution in [3.63, 3.8) is 0 Å². The molecule has 0 aliphatic carbocycles. The van der Waals surface area contributed by atoms with Crippen molar-refractivity contribution in [1.82, 2.24) is 10.2 Å². The Bertz CT molecular complexity index is 777. The van der Waals surface area contributed by atoms with Crippen molar-refractivity contribution in [2.75, 3.05) is 11.9 Å². The van der Waals surface area contributed by atoms with Crippen molar-refractivity contribution in [2.45, 2.75) is 12.8 Å². The van der Waals surface area contributed by atoms with Crippen molar-refractivity contribution in [3.8, 4) is 0 Å². The highest BCUT2D eigenvalue weighted by Crippen LogP contribution is 2.44. The predicted molar refractivity (Wildman–Crippen MR) is 73.2 cm³/mol. The van der Waals surface area contributed by atoms with E-state index in [1.54, 1.807) is 12.1 Å². The number of benzene rings is 1. The molecular formula is C15H12FN3O2. The Hall–Kier alpha value is -2.63. The van der Waals surface area contributed by atoms with E-state index in [9.17, 15) is 9.18 Å². The first kappa shape index (κ1) is 12.1. The van der Waals surface area contributed by atoms with E-state index in [4.69, 9.17) is 4.74 Å². The molecule has 1 atom stereocenters. The Balaban J connectivity index is 1.94. The predicted octanol–water partition coefficient (Wildman–Crippen LogP) is 2.23. The summed E-state index contributed by atoms with van der Waals surface area (Å²) < 4.78 is 18.3. The zero-order valence-corrected chi connectivity index (χ0v) is 11.2. The van der Waals surface area contributed by atoms with E-state index in [0.29, 0.717) is 11.4 Å². The molecule has 1 aromatic carbocycles. The van der Waals surface area contributed by atoms with Crippen LogP contribution < -0.4 is 5.32 Å². The molecule has 0 spiro atoms. The van der Waals surface area contributed by atoms with Gasteiger partial charge >= 0.3 is 5.97 Å². The molecule has 0 amide bonds. The molecule has 2 aliphatic heterocycles. The second kappa shape index (κ2) is 4.18. The molecule has 0 unspecified atom stereocenters. The van der Waals surface area contributed by atoms with E-state index in [2.05, 4.69) is 15.5 Å². The molecule has 5 nitrogen and oxygen atoms in total. The van der Waals surface area contributed by atoms with Crippen LogP contribution >= 0.6 is 0 Å². The Labute approximate surface area is 119 Å². The number of hydrogen-bond donors (Lipinski definition) is 2. The minimum Gasteiger partial charge on any atom is -0.456 e. The lowest BCUT2D eigenvalue weighted by atomic mass is 9.82. The van der Waals surface area contributed by atoms with Gasteiger partial charge in [-0.3, -0.25) is 5.10 Å². The second-order valence-electron chi connectivity index (χ2n) is 5.19. The van der Waals surface area contributed by atoms with Crippen LogP contribution in [-0.4, -0.2) is 22.8 Å². The lowest BCUT2D eigenvalue weighted by molar-refractivity contribution is -0.136. The van der Waals surface area contributed by atoms with Gasteiger partial charge in [0.25, 0.3) is 0 Å². The highest BCUT2D eigenvalue weighted by Gasteiger charge is 2.40. The van der Waals surface area contributed by atoms with Crippen molar-refractivity contribution in [3.05, 3.63) is 58.2 Å². The first-order valence-electron chi connectivity index (χ1n) is 6.62. The first-order chi connectivity index (χ1) is 10.1. The van der Waals surface area contributed by atoms with E-state index < -0.39 is 0 Å². The number of aryl methyl sites for hydroxylation is 1. The number of fused-ring (bicyclic) bond motifs is 1. The highest BCUT2D eigenvalue weighted by atomic mass is 19.1. The molecule has 0 saturated carbocycles. The summed E-state index contributed by atoms with van der Waals surface area (Å²) in [7, 11) is 0. The number of carbonyl (C=O) groups excluding carboxylic acids is 1. The molecule has 4 rings (SSSR count). The fourth-order valence-electron chi connectivity index (χ4n) is 2.97. The molecule has 21 heavy (non-hydrogen) atoms. The van der Waals surface area contributed by atoms with Gasteiger partial charge in [-0.25, -0.2) is 9.18 Å². The standard InChI is InChI=1S/C15H12FN3O2/c1-7-11-12(8-2-4-9(16)5-3-8)13-10(6-21-15(13)20)17-14(11)19-18-7/h2-5,12H,6H2,1H3,(H2,17,18,19)/t12-/m1/s1. The first-order valence-corrected chi connectivity index (χ1v) is 6.62. The van der Waals surface area contributed by atoms with Crippen LogP contribution in [0.5, 0.6) is 0 Å². The quantitative estimate of drug-likeness (QED) is 0.788. The number of carbonyl (C=O) groups is 1. The normalized spacial score (nSPS) is 19.9. The third kappa shape index (κ3) is 1.68. The number of rotatable bonds is 1. The lowest BCUT2D eigenvalue weighted by Crippen LogP contribution is -2.19. The van der Waals surface area contributed by atoms with E-state index >= 15 is 0 Å². The zero-order valence-electron chi connectivity index (χ0n) is 11.2. The van der Waals surface area contributed by atoms with Crippen LogP contribution in [0.4, 0.5) is 10.2 Å². The van der Waals surface area contributed by atoms with E-state index in [1.807, 2.05) is 6.92 Å². The van der Waals surface area contributed by atoms with Crippen LogP contribution in [-0.2, 0) is 9.53 Å². The van der Waals surface area contributed by atoms with Gasteiger partial charge in [-0.1, -0.05) is 12.1 Å². The fraction of sp³-hybridized carbons (Fsp3) is 0.200. The number of anilines is 1. The van der Waals surface area contributed by atoms with Gasteiger partial charge in [0.1, 0.15) is 12.4 Å². The van der Waals surface area contributed by atoms with E-state index in [-0.39, 0.29) is 24.3 Å². The highest BCUT2D eigenvalue weighted by molar-refractivity contribution is 5.97. The number of nitrogens with one attached hydrogen (secondary N) is 2. The molecule has 2 N–H and O–H groups in total. The van der Waals surface area contributed by atoms with Crippen LogP contribution in [0.2, 0.25) is 0 Å². The topological polar surface area (TPSA) is 67.0 Å². The molecule has 0 bridgehead atoms. The van der Waals surface area contributed by atoms with Gasteiger partial charge in [-0.15, -0.1) is 0 Å². The monoisotopic (exact) mass is 285 g/mol. The molecule has 2 aromatic rings. The summed E-state index contributed by atoms with van der Waals surface area (Å²) in [6.45, 7) is 2.12. The number of cyclic esters (lactones) is 1. The number of esters is 1. The SMILES string of the molecule is Cc1[nH]nc2c1[C@@H](c1ccc(F)cc1)C1=C(COC1=O)N2. The van der Waals surface area contributed by atoms with Crippen molar-refractivity contribution in [1.29, 1.82) is 0 Å². The van der Waals surface area contributed by atoms with Gasteiger partial charge in [0.15, 0.2) is 5.82 Å². The number of H-pyrrole nitrogens is 1. The number of aromatic nitrogens is 2. The zero-order chi connectivity index (χ0) is 14.6. The smallest absolute Gasteiger partial charge is 0.337 e. The van der Waals surface area contributed by atoms with Crippen LogP contribution in [0.1, 0.15) is 22.7 Å². The summed E-state index contributed by atoms with van der Waals surface area (Å²) in [5.41, 5.74) is 3.93. The van der Waals surface area contributed by atoms with E-state index in [0.717, 1.165) is 22.5 Å². The molecule has 0 saturated heterocycles. The Morgan fingerprint density at radius 1 is 1.33 bits per heavy atom. The van der Waals surface area contributed by atoms with Gasteiger partial charge in [0.2, 0.25) is 0 Å². The van der Waals surface area contributed by atoms with Gasteiger partial charge in [-0.05, 0) is 24.6 Å². The number of ether oxygens (including phenoxy) is 1. The minimum absolute atomic E-state index is 0.219. The van der Waals surface area contributed by atoms with Crippen LogP contribution in [0, 0.1) is 12.7 Å². The van der Waals surface area contributed by atoms with Crippen molar-refractivity contribution >= 4 is 11.8 Å². The van der Waals surface area contributed by atoms with Gasteiger partial charge in [-0.2, -0.15) is 5.10 Å². The average Bonchev–Trinajstić information content (AvgIpc) is 3.03. The molecule has 106 valence electrons. The van der Waals surface area contributed by atoms with Crippen LogP contribution in [0.25, 0.3) is 0 Å². The second-order valence-corrected chi connectivity index (χ2v) is 5.19. The number of halogens is 1. The summed E-state index contributed by atoms with van der Waals surface area (Å²) in [5.74, 6) is -0.234. The Morgan fingerprint density at radius 3 is 2.86 bits per heavy atom. The third-order valence-corrected chi connectivity index (χ3v) is 3.94. The van der Waals surface area contributed by atoms with Crippen LogP contribution in [0.3, 0.4) is 0 Å². The molecule has 0 radical (unpaired) electrons. The maximum atomic E-state index is 13.2. The van der Waals surface area contributed by atoms with Gasteiger partial charge in [0.05, 0.1) is 11.3 Å². The average molecular weight is 285 g/mol. The molecule has 0 fully saturated rings. The van der Waals surface area contributed by atoms with Gasteiger partial charge in [0, 0.05) is 17.2 Å². The molecule has 6 heteroatoms. The maximum absolute atomic E-state index is 13.2. The number of hydrogen-bond acceptors (Lipinski definition) is 4. The molecule has 2 aliphatic rings. The summed E-state index contributed by atoms with van der Waals surface area (Å²) in [5, 5.41) is 10.3.